The van der Waals surface area contributed by atoms with Crippen LogP contribution in [-0.4, -0.2) is 26.1 Å². The summed E-state index contributed by atoms with van der Waals surface area (Å²) in [5.41, 5.74) is 2.64. The number of carbonyl (C=O) groups excluding carboxylic acids is 1. The van der Waals surface area contributed by atoms with Crippen LogP contribution in [0.2, 0.25) is 0 Å². The van der Waals surface area contributed by atoms with Gasteiger partial charge in [0.15, 0.2) is 0 Å². The van der Waals surface area contributed by atoms with Crippen LogP contribution in [0, 0.1) is 0 Å². The van der Waals surface area contributed by atoms with Crippen LogP contribution in [0.5, 0.6) is 0 Å². The highest BCUT2D eigenvalue weighted by molar-refractivity contribution is 5.92. The highest BCUT2D eigenvalue weighted by atomic mass is 16.1. The fourth-order valence-corrected chi connectivity index (χ4v) is 2.47. The van der Waals surface area contributed by atoms with Crippen molar-refractivity contribution in [2.24, 2.45) is 0 Å². The monoisotopic (exact) mass is 283 g/mol. The van der Waals surface area contributed by atoms with Crippen LogP contribution in [0.4, 0.5) is 0 Å². The molecule has 0 radical (unpaired) electrons. The Hall–Kier alpha value is -2.24. The Morgan fingerprint density at radius 3 is 2.76 bits per heavy atom. The molecule has 0 aliphatic heterocycles. The Kier molecular flexibility index (Phi) is 2.94. The largest absolute Gasteiger partial charge is 0.347 e. The molecule has 21 heavy (non-hydrogen) atoms. The minimum Gasteiger partial charge on any atom is -0.347 e. The Labute approximate surface area is 122 Å². The lowest BCUT2D eigenvalue weighted by Crippen LogP contribution is -2.24. The molecule has 2 heterocycles. The van der Waals surface area contributed by atoms with E-state index < -0.39 is 0 Å². The molecule has 6 nitrogen and oxygen atoms in total. The summed E-state index contributed by atoms with van der Waals surface area (Å²) in [4.78, 5) is 21.2. The van der Waals surface area contributed by atoms with Crippen molar-refractivity contribution in [1.29, 1.82) is 0 Å². The zero-order chi connectivity index (χ0) is 14.2. The molecule has 1 amide bonds. The van der Waals surface area contributed by atoms with Crippen LogP contribution >= 0.6 is 0 Å². The minimum absolute atomic E-state index is 0.152. The van der Waals surface area contributed by atoms with Gasteiger partial charge < -0.3 is 5.32 Å². The second-order valence-corrected chi connectivity index (χ2v) is 5.84. The predicted molar refractivity (Wildman–Crippen MR) is 75.7 cm³/mol. The number of aromatic nitrogens is 4. The molecule has 2 aliphatic rings. The Morgan fingerprint density at radius 1 is 1.29 bits per heavy atom. The molecule has 2 aromatic heterocycles. The predicted octanol–water partition coefficient (Wildman–Crippen LogP) is 1.88. The first-order valence-corrected chi connectivity index (χ1v) is 7.44. The van der Waals surface area contributed by atoms with Crippen molar-refractivity contribution in [3.8, 4) is 0 Å². The van der Waals surface area contributed by atoms with Gasteiger partial charge in [0.2, 0.25) is 0 Å². The van der Waals surface area contributed by atoms with Crippen molar-refractivity contribution in [3.05, 3.63) is 41.2 Å². The third-order valence-electron chi connectivity index (χ3n) is 4.01. The van der Waals surface area contributed by atoms with Crippen molar-refractivity contribution in [2.45, 2.75) is 44.1 Å². The van der Waals surface area contributed by atoms with Gasteiger partial charge in [0.1, 0.15) is 11.5 Å². The van der Waals surface area contributed by atoms with Gasteiger partial charge >= 0.3 is 0 Å². The number of nitrogens with zero attached hydrogens (tertiary/aromatic N) is 3. The summed E-state index contributed by atoms with van der Waals surface area (Å²) < 4.78 is 0. The first-order chi connectivity index (χ1) is 10.3. The van der Waals surface area contributed by atoms with Gasteiger partial charge in [0.25, 0.3) is 5.91 Å². The lowest BCUT2D eigenvalue weighted by atomic mass is 10.1. The zero-order valence-corrected chi connectivity index (χ0v) is 11.7. The molecular formula is C15H17N5O. The number of rotatable bonds is 5. The maximum atomic E-state index is 11.9. The van der Waals surface area contributed by atoms with Gasteiger partial charge in [-0.15, -0.1) is 0 Å². The minimum atomic E-state index is -0.152. The van der Waals surface area contributed by atoms with Gasteiger partial charge in [-0.25, -0.2) is 9.97 Å². The number of amides is 1. The van der Waals surface area contributed by atoms with Crippen LogP contribution in [0.3, 0.4) is 0 Å². The smallest absolute Gasteiger partial charge is 0.269 e. The molecule has 2 N–H and O–H groups in total. The molecule has 0 unspecified atom stereocenters. The van der Waals surface area contributed by atoms with Crippen LogP contribution in [0.25, 0.3) is 0 Å². The average Bonchev–Trinajstić information content (AvgIpc) is 3.43. The van der Waals surface area contributed by atoms with Crippen LogP contribution in [-0.2, 0) is 6.54 Å². The maximum Gasteiger partial charge on any atom is 0.269 e. The summed E-state index contributed by atoms with van der Waals surface area (Å²) in [7, 11) is 0. The second-order valence-electron chi connectivity index (χ2n) is 5.84. The molecule has 0 aromatic carbocycles. The van der Waals surface area contributed by atoms with Gasteiger partial charge in [0.05, 0.1) is 5.69 Å². The van der Waals surface area contributed by atoms with E-state index in [4.69, 9.17) is 4.98 Å². The van der Waals surface area contributed by atoms with Crippen molar-refractivity contribution < 1.29 is 4.79 Å². The molecule has 0 spiro atoms. The number of hydrogen-bond donors (Lipinski definition) is 2. The molecule has 0 bridgehead atoms. The van der Waals surface area contributed by atoms with Gasteiger partial charge in [-0.2, -0.15) is 5.10 Å². The highest BCUT2D eigenvalue weighted by Crippen LogP contribution is 2.43. The molecule has 2 aromatic rings. The van der Waals surface area contributed by atoms with Gasteiger partial charge in [-0.3, -0.25) is 9.89 Å². The van der Waals surface area contributed by atoms with Crippen LogP contribution in [0.1, 0.15) is 65.1 Å². The van der Waals surface area contributed by atoms with Crippen LogP contribution < -0.4 is 5.32 Å². The maximum absolute atomic E-state index is 11.9. The van der Waals surface area contributed by atoms with E-state index >= 15 is 0 Å². The topological polar surface area (TPSA) is 83.6 Å². The SMILES string of the molecule is O=C(NCc1cnc(C2CC2)nc1C1CC1)c1ccn[nH]1. The van der Waals surface area contributed by atoms with Crippen LogP contribution in [0.15, 0.2) is 18.5 Å². The van der Waals surface area contributed by atoms with Gasteiger partial charge in [-0.1, -0.05) is 0 Å². The fraction of sp³-hybridized carbons (Fsp3) is 0.467. The standard InChI is InChI=1S/C15H17N5O/c21-15(12-5-6-18-20-12)17-8-11-7-16-14(10-3-4-10)19-13(11)9-1-2-9/h5-7,9-10H,1-4,8H2,(H,17,21)(H,18,20). The average molecular weight is 283 g/mol. The Bertz CT molecular complexity index is 659. The normalized spacial score (nSPS) is 17.7. The van der Waals surface area contributed by atoms with E-state index in [9.17, 15) is 4.79 Å². The first kappa shape index (κ1) is 12.5. The molecule has 2 saturated carbocycles. The lowest BCUT2D eigenvalue weighted by Gasteiger charge is -2.10. The molecule has 108 valence electrons. The summed E-state index contributed by atoms with van der Waals surface area (Å²) in [5, 5.41) is 9.34. The third-order valence-corrected chi connectivity index (χ3v) is 4.01. The highest BCUT2D eigenvalue weighted by Gasteiger charge is 2.32. The van der Waals surface area contributed by atoms with E-state index in [1.54, 1.807) is 12.3 Å². The van der Waals surface area contributed by atoms with Crippen molar-refractivity contribution in [3.63, 3.8) is 0 Å². The quantitative estimate of drug-likeness (QED) is 0.877. The number of nitrogens with one attached hydrogen (secondary N) is 2. The van der Waals surface area contributed by atoms with Crippen molar-refractivity contribution in [2.75, 3.05) is 0 Å². The first-order valence-electron chi connectivity index (χ1n) is 7.44. The number of hydrogen-bond acceptors (Lipinski definition) is 4. The summed E-state index contributed by atoms with van der Waals surface area (Å²) in [6.45, 7) is 0.467. The summed E-state index contributed by atoms with van der Waals surface area (Å²) in [5.74, 6) is 1.96. The molecular weight excluding hydrogens is 266 g/mol. The number of carbonyl (C=O) groups is 1. The third kappa shape index (κ3) is 2.66. The summed E-state index contributed by atoms with van der Waals surface area (Å²) in [6, 6.07) is 1.66. The van der Waals surface area contributed by atoms with E-state index in [2.05, 4.69) is 20.5 Å². The van der Waals surface area contributed by atoms with E-state index in [-0.39, 0.29) is 5.91 Å². The fourth-order valence-electron chi connectivity index (χ4n) is 2.47. The van der Waals surface area contributed by atoms with Crippen molar-refractivity contribution >= 4 is 5.91 Å². The molecule has 2 aliphatic carbocycles. The lowest BCUT2D eigenvalue weighted by molar-refractivity contribution is 0.0945. The molecule has 6 heteroatoms. The summed E-state index contributed by atoms with van der Waals surface area (Å²) >= 11 is 0. The van der Waals surface area contributed by atoms with E-state index in [0.717, 1.165) is 17.1 Å². The van der Waals surface area contributed by atoms with E-state index in [1.165, 1.54) is 25.7 Å². The molecule has 2 fully saturated rings. The van der Waals surface area contributed by atoms with Gasteiger partial charge in [-0.05, 0) is 31.7 Å². The van der Waals surface area contributed by atoms with Crippen molar-refractivity contribution in [1.82, 2.24) is 25.5 Å². The molecule has 0 saturated heterocycles. The van der Waals surface area contributed by atoms with E-state index in [1.807, 2.05) is 6.20 Å². The zero-order valence-electron chi connectivity index (χ0n) is 11.7. The Balaban J connectivity index is 1.50. The number of H-pyrrole nitrogens is 1. The van der Waals surface area contributed by atoms with Gasteiger partial charge in [0, 0.05) is 36.3 Å². The number of aromatic amines is 1. The second kappa shape index (κ2) is 4.95. The van der Waals surface area contributed by atoms with E-state index in [0.29, 0.717) is 24.1 Å². The molecule has 0 atom stereocenters. The summed E-state index contributed by atoms with van der Waals surface area (Å²) in [6.07, 6.45) is 8.27. The molecule has 4 rings (SSSR count). The Morgan fingerprint density at radius 2 is 2.10 bits per heavy atom.